The Morgan fingerprint density at radius 3 is 2.04 bits per heavy atom. The van der Waals surface area contributed by atoms with Crippen molar-refractivity contribution in [2.45, 2.75) is 59.6 Å². The van der Waals surface area contributed by atoms with Crippen molar-refractivity contribution in [1.82, 2.24) is 4.90 Å². The number of carboxylic acid groups (broad SMARTS) is 1. The fraction of sp³-hybridized carbons (Fsp3) is 0.750. The lowest BCUT2D eigenvalue weighted by molar-refractivity contribution is -0.161. The summed E-state index contributed by atoms with van der Waals surface area (Å²) < 4.78 is 5.17. The summed E-state index contributed by atoms with van der Waals surface area (Å²) in [6, 6.07) is 0. The number of aliphatic carboxylic acids is 1. The van der Waals surface area contributed by atoms with E-state index in [1.54, 1.807) is 41.5 Å². The molecule has 7 nitrogen and oxygen atoms in total. The lowest BCUT2D eigenvalue weighted by Crippen LogP contribution is -2.63. The van der Waals surface area contributed by atoms with E-state index in [1.807, 2.05) is 0 Å². The Bertz CT molecular complexity index is 547. The number of carbonyl (C=O) groups is 4. The highest BCUT2D eigenvalue weighted by molar-refractivity contribution is 6.26. The third kappa shape index (κ3) is 2.96. The number of amides is 2. The first-order chi connectivity index (χ1) is 10.3. The van der Waals surface area contributed by atoms with Gasteiger partial charge < -0.3 is 9.84 Å². The minimum absolute atomic E-state index is 0.238. The Labute approximate surface area is 136 Å². The number of imide groups is 1. The molecule has 1 aliphatic rings. The Morgan fingerprint density at radius 1 is 1.22 bits per heavy atom. The summed E-state index contributed by atoms with van der Waals surface area (Å²) in [6.07, 6.45) is -1.10. The molecule has 2 amide bonds. The van der Waals surface area contributed by atoms with Crippen molar-refractivity contribution < 1.29 is 29.0 Å². The van der Waals surface area contributed by atoms with Crippen molar-refractivity contribution in [1.29, 1.82) is 0 Å². The van der Waals surface area contributed by atoms with Gasteiger partial charge in [0.25, 0.3) is 0 Å². The van der Waals surface area contributed by atoms with Gasteiger partial charge in [-0.05, 0) is 33.6 Å². The molecule has 1 fully saturated rings. The Kier molecular flexibility index (Phi) is 4.94. The monoisotopic (exact) mass is 327 g/mol. The van der Waals surface area contributed by atoms with Crippen LogP contribution in [0.15, 0.2) is 0 Å². The largest absolute Gasteiger partial charge is 0.479 e. The van der Waals surface area contributed by atoms with Crippen LogP contribution in [-0.4, -0.2) is 44.9 Å². The van der Waals surface area contributed by atoms with E-state index < -0.39 is 46.7 Å². The molecule has 1 heterocycles. The van der Waals surface area contributed by atoms with Gasteiger partial charge in [-0.2, -0.15) is 0 Å². The predicted molar refractivity (Wildman–Crippen MR) is 81.6 cm³/mol. The molecule has 0 aromatic rings. The van der Waals surface area contributed by atoms with Crippen molar-refractivity contribution in [2.75, 3.05) is 0 Å². The molecule has 0 aliphatic carbocycles. The first-order valence-corrected chi connectivity index (χ1v) is 7.63. The van der Waals surface area contributed by atoms with Gasteiger partial charge in [0.15, 0.2) is 5.78 Å². The highest BCUT2D eigenvalue weighted by Gasteiger charge is 2.67. The van der Waals surface area contributed by atoms with Gasteiger partial charge in [0.2, 0.25) is 11.4 Å². The number of ether oxygens (including phenoxy) is 1. The molecule has 0 aromatic carbocycles. The smallest absolute Gasteiger partial charge is 0.418 e. The molecule has 1 N–H and O–H groups in total. The third-order valence-electron chi connectivity index (χ3n) is 4.27. The molecule has 0 bridgehead atoms. The Balaban J connectivity index is 3.54. The van der Waals surface area contributed by atoms with Crippen molar-refractivity contribution in [3.8, 4) is 0 Å². The molecule has 130 valence electrons. The quantitative estimate of drug-likeness (QED) is 0.796. The van der Waals surface area contributed by atoms with E-state index in [4.69, 9.17) is 4.74 Å². The van der Waals surface area contributed by atoms with E-state index in [9.17, 15) is 24.3 Å². The number of likely N-dealkylation sites (tertiary alicyclic amines) is 1. The third-order valence-corrected chi connectivity index (χ3v) is 4.27. The first-order valence-electron chi connectivity index (χ1n) is 7.63. The molecule has 0 unspecified atom stereocenters. The van der Waals surface area contributed by atoms with Crippen LogP contribution in [0.25, 0.3) is 0 Å². The molecule has 23 heavy (non-hydrogen) atoms. The number of nitrogens with zero attached hydrogens (tertiary/aromatic N) is 1. The number of ketones is 1. The van der Waals surface area contributed by atoms with Crippen LogP contribution in [0.3, 0.4) is 0 Å². The molecule has 1 rings (SSSR count). The van der Waals surface area contributed by atoms with Crippen molar-refractivity contribution in [2.24, 2.45) is 17.8 Å². The summed E-state index contributed by atoms with van der Waals surface area (Å²) >= 11 is 0. The summed E-state index contributed by atoms with van der Waals surface area (Å²) in [7, 11) is 0. The zero-order chi connectivity index (χ0) is 18.3. The highest BCUT2D eigenvalue weighted by atomic mass is 16.6. The average molecular weight is 327 g/mol. The van der Waals surface area contributed by atoms with Gasteiger partial charge in [0.1, 0.15) is 5.60 Å². The molecular formula is C16H25NO6. The number of Topliss-reactive ketones (excluding diaryl/α,β-unsaturated/α-hetero) is 1. The van der Waals surface area contributed by atoms with Crippen molar-refractivity contribution >= 4 is 23.8 Å². The minimum Gasteiger partial charge on any atom is -0.479 e. The van der Waals surface area contributed by atoms with Crippen LogP contribution >= 0.6 is 0 Å². The summed E-state index contributed by atoms with van der Waals surface area (Å²) in [5.74, 6) is -5.31. The van der Waals surface area contributed by atoms with E-state index in [0.717, 1.165) is 0 Å². The fourth-order valence-corrected chi connectivity index (χ4v) is 2.77. The summed E-state index contributed by atoms with van der Waals surface area (Å²) in [6.45, 7) is 11.2. The zero-order valence-corrected chi connectivity index (χ0v) is 14.7. The van der Waals surface area contributed by atoms with Gasteiger partial charge in [-0.15, -0.1) is 0 Å². The van der Waals surface area contributed by atoms with Crippen LogP contribution in [-0.2, 0) is 19.1 Å². The number of carboxylic acids is 1. The molecule has 7 heteroatoms. The van der Waals surface area contributed by atoms with E-state index >= 15 is 0 Å². The van der Waals surface area contributed by atoms with Crippen molar-refractivity contribution in [3.63, 3.8) is 0 Å². The highest BCUT2D eigenvalue weighted by Crippen LogP contribution is 2.41. The predicted octanol–water partition coefficient (Wildman–Crippen LogP) is 2.08. The Morgan fingerprint density at radius 2 is 1.70 bits per heavy atom. The lowest BCUT2D eigenvalue weighted by Gasteiger charge is -2.38. The summed E-state index contributed by atoms with van der Waals surface area (Å²) in [5, 5.41) is 9.78. The van der Waals surface area contributed by atoms with Crippen LogP contribution < -0.4 is 0 Å². The van der Waals surface area contributed by atoms with Crippen LogP contribution in [0.1, 0.15) is 48.5 Å². The van der Waals surface area contributed by atoms with Gasteiger partial charge in [-0.1, -0.05) is 20.8 Å². The second kappa shape index (κ2) is 5.94. The molecule has 3 atom stereocenters. The molecule has 0 aromatic heterocycles. The number of carbonyl (C=O) groups excluding carboxylic acids is 3. The van der Waals surface area contributed by atoms with Gasteiger partial charge in [0.05, 0.1) is 5.92 Å². The van der Waals surface area contributed by atoms with E-state index in [0.29, 0.717) is 4.90 Å². The fourth-order valence-electron chi connectivity index (χ4n) is 2.77. The molecule has 0 saturated carbocycles. The van der Waals surface area contributed by atoms with E-state index in [2.05, 4.69) is 0 Å². The second-order valence-electron chi connectivity index (χ2n) is 7.34. The average Bonchev–Trinajstić information content (AvgIpc) is 2.57. The van der Waals surface area contributed by atoms with E-state index in [1.165, 1.54) is 6.92 Å². The number of hydrogen-bond donors (Lipinski definition) is 1. The summed E-state index contributed by atoms with van der Waals surface area (Å²) in [4.78, 5) is 50.1. The van der Waals surface area contributed by atoms with Gasteiger partial charge >= 0.3 is 12.1 Å². The molecule has 0 radical (unpaired) electrons. The first kappa shape index (κ1) is 19.1. The molecule has 1 saturated heterocycles. The van der Waals surface area contributed by atoms with Crippen molar-refractivity contribution in [3.05, 3.63) is 0 Å². The van der Waals surface area contributed by atoms with Crippen LogP contribution in [0.5, 0.6) is 0 Å². The number of hydrogen-bond acceptors (Lipinski definition) is 5. The van der Waals surface area contributed by atoms with Crippen LogP contribution in [0, 0.1) is 17.8 Å². The standard InChI is InChI=1S/C16H25NO6/c1-8(2)10(4)16(13(20)21)11(18)9(3)12(19)17(16)14(22)23-15(5,6)7/h8-10H,1-7H3,(H,20,21)/t9-,10+,16-/m1/s1. The minimum atomic E-state index is -2.23. The lowest BCUT2D eigenvalue weighted by atomic mass is 9.74. The maximum atomic E-state index is 12.7. The van der Waals surface area contributed by atoms with Crippen LogP contribution in [0.4, 0.5) is 4.79 Å². The maximum Gasteiger partial charge on any atom is 0.418 e. The topological polar surface area (TPSA) is 101 Å². The SMILES string of the molecule is CC(C)[C@H](C)[C@]1(C(=O)O)C(=O)[C@@H](C)C(=O)N1C(=O)OC(C)(C)C. The van der Waals surface area contributed by atoms with Gasteiger partial charge in [0, 0.05) is 5.92 Å². The molecule has 0 spiro atoms. The normalized spacial score (nSPS) is 26.6. The van der Waals surface area contributed by atoms with Gasteiger partial charge in [-0.3, -0.25) is 9.59 Å². The molecular weight excluding hydrogens is 302 g/mol. The van der Waals surface area contributed by atoms with E-state index in [-0.39, 0.29) is 5.92 Å². The molecule has 1 aliphatic heterocycles. The number of rotatable bonds is 3. The second-order valence-corrected chi connectivity index (χ2v) is 7.34. The Hall–Kier alpha value is -1.92. The van der Waals surface area contributed by atoms with Crippen LogP contribution in [0.2, 0.25) is 0 Å². The zero-order valence-electron chi connectivity index (χ0n) is 14.7. The maximum absolute atomic E-state index is 12.7. The summed E-state index contributed by atoms with van der Waals surface area (Å²) in [5.41, 5.74) is -3.15. The van der Waals surface area contributed by atoms with Gasteiger partial charge in [-0.25, -0.2) is 14.5 Å².